The fraction of sp³-hybridized carbons (Fsp3) is 0.938. The molecule has 20 heavy (non-hydrogen) atoms. The first-order valence-electron chi connectivity index (χ1n) is 8.13. The van der Waals surface area contributed by atoms with E-state index in [0.29, 0.717) is 6.42 Å². The maximum Gasteiger partial charge on any atom is 0.306 e. The van der Waals surface area contributed by atoms with E-state index in [4.69, 9.17) is 10.2 Å². The van der Waals surface area contributed by atoms with Gasteiger partial charge in [-0.3, -0.25) is 4.79 Å². The van der Waals surface area contributed by atoms with Gasteiger partial charge in [-0.15, -0.1) is 0 Å². The van der Waals surface area contributed by atoms with Crippen molar-refractivity contribution in [3.05, 3.63) is 0 Å². The van der Waals surface area contributed by atoms with Crippen LogP contribution in [0.2, 0.25) is 0 Å². The van der Waals surface area contributed by atoms with Gasteiger partial charge in [0.2, 0.25) is 0 Å². The highest BCUT2D eigenvalue weighted by Crippen LogP contribution is 2.17. The van der Waals surface area contributed by atoms with Gasteiger partial charge in [-0.05, 0) is 12.8 Å². The Morgan fingerprint density at radius 1 is 0.950 bits per heavy atom. The second-order valence-corrected chi connectivity index (χ2v) is 5.72. The molecule has 0 bridgehead atoms. The molecule has 0 rings (SSSR count). The summed E-state index contributed by atoms with van der Waals surface area (Å²) in [6.45, 7) is 1.86. The second-order valence-electron chi connectivity index (χ2n) is 5.72. The highest BCUT2D eigenvalue weighted by Gasteiger charge is 2.20. The molecular weight excluding hydrogens is 256 g/mol. The van der Waals surface area contributed by atoms with Crippen molar-refractivity contribution in [3.8, 4) is 0 Å². The third kappa shape index (κ3) is 11.2. The molecule has 0 aliphatic heterocycles. The lowest BCUT2D eigenvalue weighted by molar-refractivity contribution is -0.143. The van der Waals surface area contributed by atoms with Crippen molar-refractivity contribution in [1.82, 2.24) is 0 Å². The molecule has 0 aromatic heterocycles. The van der Waals surface area contributed by atoms with Crippen molar-refractivity contribution in [2.45, 2.75) is 83.7 Å². The number of carboxylic acid groups (broad SMARTS) is 1. The van der Waals surface area contributed by atoms with Crippen LogP contribution in [-0.4, -0.2) is 34.0 Å². The molecule has 4 nitrogen and oxygen atoms in total. The van der Waals surface area contributed by atoms with Crippen LogP contribution in [0.5, 0.6) is 0 Å². The van der Waals surface area contributed by atoms with E-state index < -0.39 is 18.0 Å². The summed E-state index contributed by atoms with van der Waals surface area (Å²) in [6, 6.07) is 0. The number of hydrogen-bond donors (Lipinski definition) is 3. The molecule has 0 fully saturated rings. The minimum absolute atomic E-state index is 0.156. The van der Waals surface area contributed by atoms with Crippen LogP contribution in [-0.2, 0) is 4.79 Å². The Bertz CT molecular complexity index is 231. The van der Waals surface area contributed by atoms with Crippen LogP contribution in [0.3, 0.4) is 0 Å². The van der Waals surface area contributed by atoms with Gasteiger partial charge in [-0.25, -0.2) is 0 Å². The van der Waals surface area contributed by atoms with Crippen LogP contribution >= 0.6 is 0 Å². The monoisotopic (exact) mass is 288 g/mol. The summed E-state index contributed by atoms with van der Waals surface area (Å²) in [6.07, 6.45) is 10.7. The summed E-state index contributed by atoms with van der Waals surface area (Å²) in [7, 11) is 0. The second kappa shape index (κ2) is 13.4. The van der Waals surface area contributed by atoms with Crippen LogP contribution in [0.15, 0.2) is 0 Å². The lowest BCUT2D eigenvalue weighted by atomic mass is 9.95. The number of rotatable bonds is 14. The molecule has 0 aliphatic rings. The maximum absolute atomic E-state index is 11.0. The first-order valence-corrected chi connectivity index (χ1v) is 8.13. The maximum atomic E-state index is 11.0. The number of aliphatic carboxylic acids is 1. The number of carboxylic acids is 1. The van der Waals surface area contributed by atoms with Gasteiger partial charge in [-0.2, -0.15) is 0 Å². The van der Waals surface area contributed by atoms with E-state index in [1.807, 2.05) is 0 Å². The zero-order chi connectivity index (χ0) is 15.2. The summed E-state index contributed by atoms with van der Waals surface area (Å²) >= 11 is 0. The highest BCUT2D eigenvalue weighted by atomic mass is 16.4. The SMILES string of the molecule is CCCCCCCCCCCC(CC(O)CO)C(=O)O. The predicted molar refractivity (Wildman–Crippen MR) is 80.7 cm³/mol. The molecule has 0 aromatic carbocycles. The van der Waals surface area contributed by atoms with E-state index in [-0.39, 0.29) is 13.0 Å². The lowest BCUT2D eigenvalue weighted by Gasteiger charge is -2.15. The molecule has 0 radical (unpaired) electrons. The largest absolute Gasteiger partial charge is 0.481 e. The first kappa shape index (κ1) is 19.4. The van der Waals surface area contributed by atoms with Gasteiger partial charge in [0.25, 0.3) is 0 Å². The Balaban J connectivity index is 3.52. The topological polar surface area (TPSA) is 77.8 Å². The van der Waals surface area contributed by atoms with Crippen molar-refractivity contribution in [3.63, 3.8) is 0 Å². The van der Waals surface area contributed by atoms with Crippen LogP contribution in [0, 0.1) is 5.92 Å². The molecule has 0 saturated heterocycles. The van der Waals surface area contributed by atoms with Crippen molar-refractivity contribution in [1.29, 1.82) is 0 Å². The molecule has 0 amide bonds. The lowest BCUT2D eigenvalue weighted by Crippen LogP contribution is -2.23. The quantitative estimate of drug-likeness (QED) is 0.428. The fourth-order valence-electron chi connectivity index (χ4n) is 2.45. The van der Waals surface area contributed by atoms with E-state index in [1.165, 1.54) is 44.9 Å². The Morgan fingerprint density at radius 3 is 1.90 bits per heavy atom. The van der Waals surface area contributed by atoms with Gasteiger partial charge in [0.15, 0.2) is 0 Å². The van der Waals surface area contributed by atoms with E-state index in [2.05, 4.69) is 6.92 Å². The van der Waals surface area contributed by atoms with Gasteiger partial charge in [0, 0.05) is 0 Å². The van der Waals surface area contributed by atoms with Gasteiger partial charge >= 0.3 is 5.97 Å². The Hall–Kier alpha value is -0.610. The predicted octanol–water partition coefficient (Wildman–Crippen LogP) is 3.35. The van der Waals surface area contributed by atoms with E-state index in [9.17, 15) is 9.90 Å². The van der Waals surface area contributed by atoms with Gasteiger partial charge in [0.05, 0.1) is 18.6 Å². The third-order valence-electron chi connectivity index (χ3n) is 3.77. The number of hydrogen-bond acceptors (Lipinski definition) is 3. The first-order chi connectivity index (χ1) is 9.61. The molecule has 2 unspecified atom stereocenters. The van der Waals surface area contributed by atoms with Gasteiger partial charge in [-0.1, -0.05) is 64.7 Å². The number of aliphatic hydroxyl groups excluding tert-OH is 2. The van der Waals surface area contributed by atoms with Crippen molar-refractivity contribution in [2.75, 3.05) is 6.61 Å². The number of aliphatic hydroxyl groups is 2. The standard InChI is InChI=1S/C16H32O4/c1-2-3-4-5-6-7-8-9-10-11-14(16(19)20)12-15(18)13-17/h14-15,17-18H,2-13H2,1H3,(H,19,20). The Kier molecular flexibility index (Phi) is 13.0. The molecule has 2 atom stereocenters. The van der Waals surface area contributed by atoms with Crippen molar-refractivity contribution in [2.24, 2.45) is 5.92 Å². The highest BCUT2D eigenvalue weighted by molar-refractivity contribution is 5.69. The molecule has 0 aliphatic carbocycles. The van der Waals surface area contributed by atoms with Crippen LogP contribution in [0.4, 0.5) is 0 Å². The minimum atomic E-state index is -0.908. The average molecular weight is 288 g/mol. The van der Waals surface area contributed by atoms with Crippen molar-refractivity contribution < 1.29 is 20.1 Å². The number of carbonyl (C=O) groups is 1. The zero-order valence-electron chi connectivity index (χ0n) is 12.9. The van der Waals surface area contributed by atoms with Crippen molar-refractivity contribution >= 4 is 5.97 Å². The summed E-state index contributed by atoms with van der Waals surface area (Å²) < 4.78 is 0. The van der Waals surface area contributed by atoms with Crippen LogP contribution in [0.1, 0.15) is 77.6 Å². The molecular formula is C16H32O4. The third-order valence-corrected chi connectivity index (χ3v) is 3.77. The molecule has 3 N–H and O–H groups in total. The Morgan fingerprint density at radius 2 is 1.45 bits per heavy atom. The van der Waals surface area contributed by atoms with E-state index in [0.717, 1.165) is 12.8 Å². The molecule has 0 aromatic rings. The zero-order valence-corrected chi connectivity index (χ0v) is 12.9. The molecule has 0 heterocycles. The molecule has 0 spiro atoms. The minimum Gasteiger partial charge on any atom is -0.481 e. The van der Waals surface area contributed by atoms with Crippen LogP contribution in [0.25, 0.3) is 0 Å². The Labute approximate surface area is 123 Å². The summed E-state index contributed by atoms with van der Waals surface area (Å²) in [4.78, 5) is 11.0. The van der Waals surface area contributed by atoms with Crippen LogP contribution < -0.4 is 0 Å². The normalized spacial score (nSPS) is 14.2. The summed E-state index contributed by atoms with van der Waals surface area (Å²) in [5.41, 5.74) is 0. The van der Waals surface area contributed by atoms with E-state index in [1.54, 1.807) is 0 Å². The number of unbranched alkanes of at least 4 members (excludes halogenated alkanes) is 8. The summed E-state index contributed by atoms with van der Waals surface area (Å²) in [5, 5.41) is 27.1. The smallest absolute Gasteiger partial charge is 0.306 e. The van der Waals surface area contributed by atoms with E-state index >= 15 is 0 Å². The fourth-order valence-corrected chi connectivity index (χ4v) is 2.45. The average Bonchev–Trinajstić information content (AvgIpc) is 2.43. The van der Waals surface area contributed by atoms with Gasteiger partial charge < -0.3 is 15.3 Å². The molecule has 0 saturated carbocycles. The molecule has 120 valence electrons. The molecule has 4 heteroatoms. The van der Waals surface area contributed by atoms with Gasteiger partial charge in [0.1, 0.15) is 0 Å². The summed E-state index contributed by atoms with van der Waals surface area (Å²) in [5.74, 6) is -1.39.